The van der Waals surface area contributed by atoms with E-state index in [1.165, 1.54) is 5.39 Å². The summed E-state index contributed by atoms with van der Waals surface area (Å²) in [5, 5.41) is 13.5. The van der Waals surface area contributed by atoms with E-state index in [0.717, 1.165) is 24.3 Å². The number of nitrogens with one attached hydrogen (secondary N) is 1. The van der Waals surface area contributed by atoms with Crippen molar-refractivity contribution in [1.82, 2.24) is 4.57 Å². The summed E-state index contributed by atoms with van der Waals surface area (Å²) in [7, 11) is 0. The van der Waals surface area contributed by atoms with Crippen LogP contribution in [0, 0.1) is 11.3 Å². The summed E-state index contributed by atoms with van der Waals surface area (Å²) in [6, 6.07) is 20.2. The number of hydrogen-bond acceptors (Lipinski definition) is 2. The fourth-order valence-electron chi connectivity index (χ4n) is 2.33. The van der Waals surface area contributed by atoms with Gasteiger partial charge in [-0.3, -0.25) is 0 Å². The Morgan fingerprint density at radius 2 is 1.90 bits per heavy atom. The minimum atomic E-state index is 0.702. The average molecular weight is 261 g/mol. The predicted octanol–water partition coefficient (Wildman–Crippen LogP) is 3.63. The molecule has 0 amide bonds. The van der Waals surface area contributed by atoms with Crippen LogP contribution in [0.15, 0.2) is 60.8 Å². The lowest BCUT2D eigenvalue weighted by molar-refractivity contribution is 0.757. The van der Waals surface area contributed by atoms with Crippen molar-refractivity contribution in [1.29, 1.82) is 5.26 Å². The normalized spacial score (nSPS) is 10.3. The SMILES string of the molecule is N#Cc1ccc2ccn(CCNc3ccccc3)c2c1. The molecule has 0 aliphatic carbocycles. The minimum Gasteiger partial charge on any atom is -0.383 e. The first-order valence-corrected chi connectivity index (χ1v) is 6.65. The monoisotopic (exact) mass is 261 g/mol. The van der Waals surface area contributed by atoms with Crippen LogP contribution >= 0.6 is 0 Å². The molecular formula is C17H15N3. The van der Waals surface area contributed by atoms with Gasteiger partial charge in [-0.05, 0) is 35.7 Å². The lowest BCUT2D eigenvalue weighted by Crippen LogP contribution is -2.09. The van der Waals surface area contributed by atoms with E-state index in [2.05, 4.69) is 40.3 Å². The summed E-state index contributed by atoms with van der Waals surface area (Å²) in [5.74, 6) is 0. The molecule has 3 nitrogen and oxygen atoms in total. The van der Waals surface area contributed by atoms with Crippen molar-refractivity contribution in [3.05, 3.63) is 66.4 Å². The highest BCUT2D eigenvalue weighted by Gasteiger charge is 2.02. The number of fused-ring (bicyclic) bond motifs is 1. The molecule has 3 aromatic rings. The molecule has 0 aliphatic rings. The number of rotatable bonds is 4. The number of hydrogen-bond donors (Lipinski definition) is 1. The van der Waals surface area contributed by atoms with E-state index in [-0.39, 0.29) is 0 Å². The molecule has 1 N–H and O–H groups in total. The third-order valence-electron chi connectivity index (χ3n) is 3.36. The first-order valence-electron chi connectivity index (χ1n) is 6.65. The maximum atomic E-state index is 8.98. The number of nitriles is 1. The topological polar surface area (TPSA) is 40.8 Å². The molecule has 1 aromatic heterocycles. The molecule has 0 unspecified atom stereocenters. The highest BCUT2D eigenvalue weighted by atomic mass is 15.0. The number of nitrogens with zero attached hydrogens (tertiary/aromatic N) is 2. The lowest BCUT2D eigenvalue weighted by Gasteiger charge is -2.08. The quantitative estimate of drug-likeness (QED) is 0.779. The predicted molar refractivity (Wildman–Crippen MR) is 81.6 cm³/mol. The third kappa shape index (κ3) is 2.50. The van der Waals surface area contributed by atoms with E-state index < -0.39 is 0 Å². The molecule has 0 bridgehead atoms. The molecule has 0 radical (unpaired) electrons. The van der Waals surface area contributed by atoms with Gasteiger partial charge in [0.25, 0.3) is 0 Å². The van der Waals surface area contributed by atoms with Crippen molar-refractivity contribution < 1.29 is 0 Å². The fraction of sp³-hybridized carbons (Fsp3) is 0.118. The molecule has 3 rings (SSSR count). The molecule has 0 saturated carbocycles. The Bertz CT molecular complexity index is 751. The largest absolute Gasteiger partial charge is 0.383 e. The molecule has 0 atom stereocenters. The van der Waals surface area contributed by atoms with E-state index in [1.54, 1.807) is 0 Å². The molecule has 1 heterocycles. The first-order chi connectivity index (χ1) is 9.86. The summed E-state index contributed by atoms with van der Waals surface area (Å²) < 4.78 is 2.17. The second-order valence-electron chi connectivity index (χ2n) is 4.69. The van der Waals surface area contributed by atoms with Crippen LogP contribution in [0.25, 0.3) is 10.9 Å². The van der Waals surface area contributed by atoms with Gasteiger partial charge in [0.1, 0.15) is 0 Å². The summed E-state index contributed by atoms with van der Waals surface area (Å²) in [6.07, 6.45) is 2.07. The van der Waals surface area contributed by atoms with Gasteiger partial charge in [-0.15, -0.1) is 0 Å². The Labute approximate surface area is 118 Å². The van der Waals surface area contributed by atoms with E-state index in [1.807, 2.05) is 36.4 Å². The van der Waals surface area contributed by atoms with Gasteiger partial charge in [0.15, 0.2) is 0 Å². The van der Waals surface area contributed by atoms with Crippen molar-refractivity contribution in [2.24, 2.45) is 0 Å². The molecule has 98 valence electrons. The van der Waals surface area contributed by atoms with Crippen molar-refractivity contribution >= 4 is 16.6 Å². The Morgan fingerprint density at radius 1 is 1.05 bits per heavy atom. The smallest absolute Gasteiger partial charge is 0.0992 e. The van der Waals surface area contributed by atoms with Gasteiger partial charge >= 0.3 is 0 Å². The van der Waals surface area contributed by atoms with E-state index in [4.69, 9.17) is 5.26 Å². The molecule has 0 aliphatic heterocycles. The number of benzene rings is 2. The van der Waals surface area contributed by atoms with Crippen LogP contribution in [0.5, 0.6) is 0 Å². The highest BCUT2D eigenvalue weighted by Crippen LogP contribution is 2.17. The molecule has 3 heteroatoms. The minimum absolute atomic E-state index is 0.702. The maximum absolute atomic E-state index is 8.98. The van der Waals surface area contributed by atoms with E-state index in [9.17, 15) is 0 Å². The van der Waals surface area contributed by atoms with Crippen molar-refractivity contribution in [2.75, 3.05) is 11.9 Å². The van der Waals surface area contributed by atoms with Crippen LogP contribution in [-0.2, 0) is 6.54 Å². The van der Waals surface area contributed by atoms with Gasteiger partial charge in [-0.2, -0.15) is 5.26 Å². The fourth-order valence-corrected chi connectivity index (χ4v) is 2.33. The Morgan fingerprint density at radius 3 is 2.70 bits per heavy atom. The van der Waals surface area contributed by atoms with Crippen LogP contribution in [-0.4, -0.2) is 11.1 Å². The van der Waals surface area contributed by atoms with Gasteiger partial charge in [0.2, 0.25) is 0 Å². The molecule has 0 saturated heterocycles. The summed E-state index contributed by atoms with van der Waals surface area (Å²) in [5.41, 5.74) is 2.94. The summed E-state index contributed by atoms with van der Waals surface area (Å²) >= 11 is 0. The van der Waals surface area contributed by atoms with Gasteiger partial charge in [0, 0.05) is 30.5 Å². The zero-order valence-electron chi connectivity index (χ0n) is 11.1. The lowest BCUT2D eigenvalue weighted by atomic mass is 10.2. The van der Waals surface area contributed by atoms with Crippen LogP contribution in [0.4, 0.5) is 5.69 Å². The van der Waals surface area contributed by atoms with Gasteiger partial charge in [-0.1, -0.05) is 24.3 Å². The Balaban J connectivity index is 1.73. The number of para-hydroxylation sites is 1. The zero-order chi connectivity index (χ0) is 13.8. The highest BCUT2D eigenvalue weighted by molar-refractivity contribution is 5.81. The second kappa shape index (κ2) is 5.50. The van der Waals surface area contributed by atoms with Gasteiger partial charge in [-0.25, -0.2) is 0 Å². The van der Waals surface area contributed by atoms with Crippen LogP contribution in [0.1, 0.15) is 5.56 Å². The van der Waals surface area contributed by atoms with E-state index in [0.29, 0.717) is 5.56 Å². The van der Waals surface area contributed by atoms with E-state index >= 15 is 0 Å². The molecule has 20 heavy (non-hydrogen) atoms. The molecule has 2 aromatic carbocycles. The zero-order valence-corrected chi connectivity index (χ0v) is 11.1. The molecular weight excluding hydrogens is 246 g/mol. The Hall–Kier alpha value is -2.73. The molecule has 0 fully saturated rings. The summed E-state index contributed by atoms with van der Waals surface area (Å²) in [4.78, 5) is 0. The van der Waals surface area contributed by atoms with Crippen LogP contribution in [0.2, 0.25) is 0 Å². The standard InChI is InChI=1S/C17H15N3/c18-13-14-6-7-15-8-10-20(17(15)12-14)11-9-19-16-4-2-1-3-5-16/h1-8,10,12,19H,9,11H2. The molecule has 0 spiro atoms. The van der Waals surface area contributed by atoms with Crippen molar-refractivity contribution in [3.8, 4) is 6.07 Å². The van der Waals surface area contributed by atoms with Crippen LogP contribution < -0.4 is 5.32 Å². The van der Waals surface area contributed by atoms with Gasteiger partial charge < -0.3 is 9.88 Å². The number of anilines is 1. The third-order valence-corrected chi connectivity index (χ3v) is 3.36. The van der Waals surface area contributed by atoms with Gasteiger partial charge in [0.05, 0.1) is 11.6 Å². The number of aromatic nitrogens is 1. The maximum Gasteiger partial charge on any atom is 0.0992 e. The van der Waals surface area contributed by atoms with Crippen molar-refractivity contribution in [2.45, 2.75) is 6.54 Å². The summed E-state index contributed by atoms with van der Waals surface area (Å²) in [6.45, 7) is 1.72. The first kappa shape index (κ1) is 12.3. The average Bonchev–Trinajstić information content (AvgIpc) is 2.91. The second-order valence-corrected chi connectivity index (χ2v) is 4.69. The van der Waals surface area contributed by atoms with Crippen LogP contribution in [0.3, 0.4) is 0 Å². The Kier molecular flexibility index (Phi) is 3.38. The van der Waals surface area contributed by atoms with Crippen molar-refractivity contribution in [3.63, 3.8) is 0 Å².